The number of benzene rings is 1. The summed E-state index contributed by atoms with van der Waals surface area (Å²) in [6.45, 7) is 3.71. The van der Waals surface area contributed by atoms with Crippen LogP contribution >= 0.6 is 0 Å². The largest absolute Gasteiger partial charge is 0.381 e. The number of ether oxygens (including phenoxy) is 1. The van der Waals surface area contributed by atoms with Crippen molar-refractivity contribution in [1.29, 1.82) is 0 Å². The second kappa shape index (κ2) is 7.16. The van der Waals surface area contributed by atoms with Crippen molar-refractivity contribution in [3.8, 4) is 0 Å². The quantitative estimate of drug-likeness (QED) is 0.901. The van der Waals surface area contributed by atoms with Crippen LogP contribution in [0.15, 0.2) is 24.3 Å². The molecule has 1 aromatic rings. The highest BCUT2D eigenvalue weighted by Crippen LogP contribution is 2.31. The smallest absolute Gasteiger partial charge is 0.123 e. The van der Waals surface area contributed by atoms with E-state index in [4.69, 9.17) is 10.5 Å². The molecule has 3 atom stereocenters. The molecule has 3 nitrogen and oxygen atoms in total. The number of piperidine rings is 1. The van der Waals surface area contributed by atoms with E-state index >= 15 is 0 Å². The van der Waals surface area contributed by atoms with Crippen LogP contribution in [0.25, 0.3) is 0 Å². The molecular weight excluding hydrogens is 255 g/mol. The Kier molecular flexibility index (Phi) is 5.52. The lowest BCUT2D eigenvalue weighted by Crippen LogP contribution is -2.49. The van der Waals surface area contributed by atoms with Crippen LogP contribution < -0.4 is 5.73 Å². The number of nitrogens with zero attached hydrogens (tertiary/aromatic N) is 1. The van der Waals surface area contributed by atoms with E-state index in [1.165, 1.54) is 6.07 Å². The molecule has 4 heteroatoms. The van der Waals surface area contributed by atoms with E-state index in [1.54, 1.807) is 19.2 Å². The fourth-order valence-electron chi connectivity index (χ4n) is 3.26. The minimum absolute atomic E-state index is 0.169. The average Bonchev–Trinajstić information content (AvgIpc) is 2.48. The van der Waals surface area contributed by atoms with Gasteiger partial charge in [0.2, 0.25) is 0 Å². The molecule has 3 unspecified atom stereocenters. The van der Waals surface area contributed by atoms with E-state index < -0.39 is 0 Å². The molecule has 1 aliphatic heterocycles. The van der Waals surface area contributed by atoms with Gasteiger partial charge in [0.05, 0.1) is 6.10 Å². The molecule has 1 aromatic carbocycles. The lowest BCUT2D eigenvalue weighted by molar-refractivity contribution is -0.00559. The van der Waals surface area contributed by atoms with Crippen LogP contribution in [0, 0.1) is 5.82 Å². The summed E-state index contributed by atoms with van der Waals surface area (Å²) in [4.78, 5) is 2.42. The van der Waals surface area contributed by atoms with Crippen LogP contribution in [0.3, 0.4) is 0 Å². The summed E-state index contributed by atoms with van der Waals surface area (Å²) in [5, 5.41) is 0. The molecular formula is C16H25FN2O. The Hall–Kier alpha value is -0.970. The SMILES string of the molecule is CCC(c1cccc(F)c1)N1CCC(OC)CC1CN. The van der Waals surface area contributed by atoms with E-state index in [0.29, 0.717) is 18.7 Å². The summed E-state index contributed by atoms with van der Waals surface area (Å²) >= 11 is 0. The lowest BCUT2D eigenvalue weighted by Gasteiger charge is -2.43. The lowest BCUT2D eigenvalue weighted by atomic mass is 9.93. The van der Waals surface area contributed by atoms with E-state index in [-0.39, 0.29) is 11.9 Å². The third-order valence-electron chi connectivity index (χ3n) is 4.34. The molecule has 0 aromatic heterocycles. The zero-order chi connectivity index (χ0) is 14.5. The van der Waals surface area contributed by atoms with Gasteiger partial charge in [-0.25, -0.2) is 4.39 Å². The Morgan fingerprint density at radius 1 is 1.50 bits per heavy atom. The number of methoxy groups -OCH3 is 1. The van der Waals surface area contributed by atoms with Crippen molar-refractivity contribution in [2.45, 2.75) is 44.4 Å². The number of likely N-dealkylation sites (tertiary alicyclic amines) is 1. The summed E-state index contributed by atoms with van der Waals surface area (Å²) in [5.41, 5.74) is 6.98. The first-order chi connectivity index (χ1) is 9.69. The first-order valence-electron chi connectivity index (χ1n) is 7.43. The van der Waals surface area contributed by atoms with Crippen LogP contribution in [0.2, 0.25) is 0 Å². The molecule has 0 bridgehead atoms. The fraction of sp³-hybridized carbons (Fsp3) is 0.625. The Balaban J connectivity index is 2.18. The predicted octanol–water partition coefficient (Wildman–Crippen LogP) is 2.71. The highest BCUT2D eigenvalue weighted by Gasteiger charge is 2.32. The van der Waals surface area contributed by atoms with Gasteiger partial charge in [-0.15, -0.1) is 0 Å². The van der Waals surface area contributed by atoms with E-state index in [1.807, 2.05) is 6.07 Å². The van der Waals surface area contributed by atoms with Gasteiger partial charge in [0.1, 0.15) is 5.82 Å². The van der Waals surface area contributed by atoms with Gasteiger partial charge in [-0.2, -0.15) is 0 Å². The van der Waals surface area contributed by atoms with Crippen LogP contribution in [0.4, 0.5) is 4.39 Å². The summed E-state index contributed by atoms with van der Waals surface area (Å²) < 4.78 is 18.9. The van der Waals surface area contributed by atoms with Crippen molar-refractivity contribution in [1.82, 2.24) is 4.90 Å². The van der Waals surface area contributed by atoms with Crippen molar-refractivity contribution in [3.63, 3.8) is 0 Å². The molecule has 0 radical (unpaired) electrons. The maximum atomic E-state index is 13.5. The maximum absolute atomic E-state index is 13.5. The molecule has 1 saturated heterocycles. The number of hydrogen-bond acceptors (Lipinski definition) is 3. The molecule has 1 heterocycles. The van der Waals surface area contributed by atoms with Crippen LogP contribution in [-0.4, -0.2) is 37.2 Å². The third kappa shape index (κ3) is 3.37. The summed E-state index contributed by atoms with van der Waals surface area (Å²) in [6.07, 6.45) is 3.22. The molecule has 0 saturated carbocycles. The Morgan fingerprint density at radius 3 is 2.90 bits per heavy atom. The number of nitrogens with two attached hydrogens (primary N) is 1. The van der Waals surface area contributed by atoms with Gasteiger partial charge >= 0.3 is 0 Å². The molecule has 0 amide bonds. The van der Waals surface area contributed by atoms with Gasteiger partial charge in [0.15, 0.2) is 0 Å². The van der Waals surface area contributed by atoms with Gasteiger partial charge in [-0.1, -0.05) is 19.1 Å². The Bertz CT molecular complexity index is 427. The van der Waals surface area contributed by atoms with Gasteiger partial charge < -0.3 is 10.5 Å². The highest BCUT2D eigenvalue weighted by molar-refractivity contribution is 5.20. The maximum Gasteiger partial charge on any atom is 0.123 e. The molecule has 1 aliphatic rings. The second-order valence-electron chi connectivity index (χ2n) is 5.49. The summed E-state index contributed by atoms with van der Waals surface area (Å²) in [7, 11) is 1.76. The summed E-state index contributed by atoms with van der Waals surface area (Å²) in [5.74, 6) is -0.169. The van der Waals surface area contributed by atoms with Gasteiger partial charge in [0.25, 0.3) is 0 Å². The van der Waals surface area contributed by atoms with Gasteiger partial charge in [-0.05, 0) is 37.0 Å². The molecule has 2 rings (SSSR count). The standard InChI is InChI=1S/C16H25FN2O/c1-3-16(12-5-4-6-13(17)9-12)19-8-7-15(20-2)10-14(19)11-18/h4-6,9,14-16H,3,7-8,10-11,18H2,1-2H3. The molecule has 112 valence electrons. The van der Waals surface area contributed by atoms with Gasteiger partial charge in [0, 0.05) is 32.3 Å². The predicted molar refractivity (Wildman–Crippen MR) is 79.0 cm³/mol. The molecule has 1 fully saturated rings. The van der Waals surface area contributed by atoms with E-state index in [9.17, 15) is 4.39 Å². The molecule has 20 heavy (non-hydrogen) atoms. The Labute approximate surface area is 120 Å². The average molecular weight is 280 g/mol. The normalized spacial score (nSPS) is 25.6. The minimum atomic E-state index is -0.169. The summed E-state index contributed by atoms with van der Waals surface area (Å²) in [6, 6.07) is 7.47. The molecule has 0 spiro atoms. The van der Waals surface area contributed by atoms with Crippen LogP contribution in [0.1, 0.15) is 37.8 Å². The van der Waals surface area contributed by atoms with Gasteiger partial charge in [-0.3, -0.25) is 4.90 Å². The second-order valence-corrected chi connectivity index (χ2v) is 5.49. The monoisotopic (exact) mass is 280 g/mol. The van der Waals surface area contributed by atoms with Crippen LogP contribution in [0.5, 0.6) is 0 Å². The zero-order valence-corrected chi connectivity index (χ0v) is 12.4. The van der Waals surface area contributed by atoms with Crippen molar-refractivity contribution in [2.24, 2.45) is 5.73 Å². The highest BCUT2D eigenvalue weighted by atomic mass is 19.1. The first-order valence-corrected chi connectivity index (χ1v) is 7.43. The molecule has 0 aliphatic carbocycles. The number of hydrogen-bond donors (Lipinski definition) is 1. The van der Waals surface area contributed by atoms with Crippen molar-refractivity contribution < 1.29 is 9.13 Å². The Morgan fingerprint density at radius 2 is 2.30 bits per heavy atom. The number of halogens is 1. The molecule has 2 N–H and O–H groups in total. The van der Waals surface area contributed by atoms with E-state index in [2.05, 4.69) is 11.8 Å². The van der Waals surface area contributed by atoms with Crippen molar-refractivity contribution >= 4 is 0 Å². The minimum Gasteiger partial charge on any atom is -0.381 e. The number of rotatable bonds is 5. The van der Waals surface area contributed by atoms with Crippen molar-refractivity contribution in [2.75, 3.05) is 20.2 Å². The zero-order valence-electron chi connectivity index (χ0n) is 12.4. The topological polar surface area (TPSA) is 38.5 Å². The van der Waals surface area contributed by atoms with Crippen LogP contribution in [-0.2, 0) is 4.74 Å². The third-order valence-corrected chi connectivity index (χ3v) is 4.34. The first kappa shape index (κ1) is 15.4. The van der Waals surface area contributed by atoms with Crippen molar-refractivity contribution in [3.05, 3.63) is 35.6 Å². The fourth-order valence-corrected chi connectivity index (χ4v) is 3.26. The van der Waals surface area contributed by atoms with E-state index in [0.717, 1.165) is 31.4 Å².